The lowest BCUT2D eigenvalue weighted by molar-refractivity contribution is -0.137. The second-order valence-electron chi connectivity index (χ2n) is 9.74. The van der Waals surface area contributed by atoms with Gasteiger partial charge in [-0.3, -0.25) is 9.36 Å². The van der Waals surface area contributed by atoms with Crippen molar-refractivity contribution >= 4 is 28.4 Å². The summed E-state index contributed by atoms with van der Waals surface area (Å²) in [4.78, 5) is 28.4. The quantitative estimate of drug-likeness (QED) is 0.580. The van der Waals surface area contributed by atoms with Crippen LogP contribution in [0.25, 0.3) is 16.7 Å². The first kappa shape index (κ1) is 22.6. The number of anilines is 2. The largest absolute Gasteiger partial charge is 0.369 e. The molecule has 2 saturated heterocycles. The zero-order valence-corrected chi connectivity index (χ0v) is 20.0. The number of hydrogen-bond donors (Lipinski definition) is 0. The predicted octanol–water partition coefficient (Wildman–Crippen LogP) is 3.99. The van der Waals surface area contributed by atoms with E-state index in [0.717, 1.165) is 42.5 Å². The highest BCUT2D eigenvalue weighted by molar-refractivity contribution is 6.01. The number of aromatic nitrogens is 3. The molecule has 2 aromatic heterocycles. The van der Waals surface area contributed by atoms with Gasteiger partial charge in [-0.15, -0.1) is 0 Å². The average molecular weight is 469 g/mol. The van der Waals surface area contributed by atoms with Crippen molar-refractivity contribution in [3.63, 3.8) is 0 Å². The third-order valence-electron chi connectivity index (χ3n) is 6.90. The average Bonchev–Trinajstić information content (AvgIpc) is 3.12. The number of amides is 1. The van der Waals surface area contributed by atoms with Crippen LogP contribution < -0.4 is 9.80 Å². The summed E-state index contributed by atoms with van der Waals surface area (Å²) in [5.74, 6) is -0.369. The predicted molar refractivity (Wildman–Crippen MR) is 128 cm³/mol. The summed E-state index contributed by atoms with van der Waals surface area (Å²) in [6.45, 7) is 11.1. The van der Waals surface area contributed by atoms with Crippen LogP contribution in [0.4, 0.5) is 20.3 Å². The van der Waals surface area contributed by atoms with Crippen LogP contribution in [0.2, 0.25) is 0 Å². The molecule has 5 rings (SSSR count). The molecule has 2 atom stereocenters. The minimum Gasteiger partial charge on any atom is -0.369 e. The minimum atomic E-state index is -0.634. The molecule has 180 valence electrons. The van der Waals surface area contributed by atoms with E-state index in [2.05, 4.69) is 33.6 Å². The SMILES string of the molecule is CC(C)C(=O)N1C[C@H](C)N(c2ncnc3c2c(N2CCC2)cn3-c2cc(F)cc(F)c2)C[C@H]1C. The molecule has 2 aliphatic heterocycles. The van der Waals surface area contributed by atoms with Gasteiger partial charge in [0.25, 0.3) is 0 Å². The number of carbonyl (C=O) groups is 1. The van der Waals surface area contributed by atoms with E-state index >= 15 is 0 Å². The molecule has 0 N–H and O–H groups in total. The highest BCUT2D eigenvalue weighted by atomic mass is 19.1. The van der Waals surface area contributed by atoms with E-state index in [4.69, 9.17) is 0 Å². The second kappa shape index (κ2) is 8.52. The zero-order chi connectivity index (χ0) is 24.1. The van der Waals surface area contributed by atoms with Crippen LogP contribution in [0.5, 0.6) is 0 Å². The van der Waals surface area contributed by atoms with Crippen LogP contribution in [-0.4, -0.2) is 63.6 Å². The standard InChI is InChI=1S/C25H30F2N6O/c1-15(2)25(34)32-12-16(3)31(11-17(32)4)23-22-21(30-6-5-7-30)13-33(24(22)29-14-28-23)20-9-18(26)8-19(27)10-20/h8-10,13-17H,5-7,11-12H2,1-4H3/t16-,17+/m0/s1. The first-order chi connectivity index (χ1) is 16.2. The molecule has 0 bridgehead atoms. The van der Waals surface area contributed by atoms with Gasteiger partial charge < -0.3 is 14.7 Å². The van der Waals surface area contributed by atoms with Crippen LogP contribution >= 0.6 is 0 Å². The van der Waals surface area contributed by atoms with E-state index in [1.54, 1.807) is 4.57 Å². The number of nitrogens with zero attached hydrogens (tertiary/aromatic N) is 6. The molecule has 0 unspecified atom stereocenters. The van der Waals surface area contributed by atoms with Crippen LogP contribution in [-0.2, 0) is 4.79 Å². The van der Waals surface area contributed by atoms with Crippen molar-refractivity contribution in [3.05, 3.63) is 42.4 Å². The smallest absolute Gasteiger partial charge is 0.225 e. The van der Waals surface area contributed by atoms with Gasteiger partial charge in [-0.2, -0.15) is 0 Å². The van der Waals surface area contributed by atoms with Gasteiger partial charge in [0.15, 0.2) is 5.65 Å². The Morgan fingerprint density at radius 1 is 1.03 bits per heavy atom. The first-order valence-corrected chi connectivity index (χ1v) is 11.9. The van der Waals surface area contributed by atoms with E-state index in [0.29, 0.717) is 24.4 Å². The highest BCUT2D eigenvalue weighted by Gasteiger charge is 2.35. The number of benzene rings is 1. The number of carbonyl (C=O) groups excluding carboxylic acids is 1. The van der Waals surface area contributed by atoms with Gasteiger partial charge in [-0.05, 0) is 32.4 Å². The van der Waals surface area contributed by atoms with Crippen molar-refractivity contribution in [2.45, 2.75) is 46.2 Å². The van der Waals surface area contributed by atoms with Crippen molar-refractivity contribution in [1.29, 1.82) is 0 Å². The molecule has 2 aliphatic rings. The van der Waals surface area contributed by atoms with E-state index in [1.165, 1.54) is 18.5 Å². The van der Waals surface area contributed by atoms with Crippen LogP contribution in [0.1, 0.15) is 34.1 Å². The van der Waals surface area contributed by atoms with Crippen molar-refractivity contribution in [2.24, 2.45) is 5.92 Å². The lowest BCUT2D eigenvalue weighted by Gasteiger charge is -2.45. The van der Waals surface area contributed by atoms with Crippen molar-refractivity contribution in [3.8, 4) is 5.69 Å². The lowest BCUT2D eigenvalue weighted by Crippen LogP contribution is -2.59. The van der Waals surface area contributed by atoms with E-state index in [-0.39, 0.29) is 23.9 Å². The normalized spacial score (nSPS) is 20.9. The van der Waals surface area contributed by atoms with Gasteiger partial charge in [0.05, 0.1) is 16.8 Å². The first-order valence-electron chi connectivity index (χ1n) is 11.9. The summed E-state index contributed by atoms with van der Waals surface area (Å²) in [5, 5.41) is 0.870. The molecule has 0 saturated carbocycles. The molecule has 9 heteroatoms. The van der Waals surface area contributed by atoms with Gasteiger partial charge in [0.1, 0.15) is 23.8 Å². The maximum atomic E-state index is 14.0. The Hall–Kier alpha value is -3.23. The maximum Gasteiger partial charge on any atom is 0.225 e. The van der Waals surface area contributed by atoms with Crippen LogP contribution in [0.3, 0.4) is 0 Å². The van der Waals surface area contributed by atoms with Gasteiger partial charge in [0, 0.05) is 56.4 Å². The molecule has 2 fully saturated rings. The zero-order valence-electron chi connectivity index (χ0n) is 20.0. The Labute approximate surface area is 198 Å². The molecule has 1 aromatic carbocycles. The Bertz CT molecular complexity index is 1220. The number of halogens is 2. The molecule has 7 nitrogen and oxygen atoms in total. The van der Waals surface area contributed by atoms with Crippen molar-refractivity contribution in [1.82, 2.24) is 19.4 Å². The monoisotopic (exact) mass is 468 g/mol. The van der Waals surface area contributed by atoms with Gasteiger partial charge in [0.2, 0.25) is 5.91 Å². The van der Waals surface area contributed by atoms with E-state index < -0.39 is 11.6 Å². The molecule has 0 aliphatic carbocycles. The molecule has 3 aromatic rings. The summed E-state index contributed by atoms with van der Waals surface area (Å²) in [6.07, 6.45) is 4.50. The number of rotatable bonds is 4. The molecule has 1 amide bonds. The topological polar surface area (TPSA) is 57.5 Å². The summed E-state index contributed by atoms with van der Waals surface area (Å²) >= 11 is 0. The van der Waals surface area contributed by atoms with Crippen molar-refractivity contribution < 1.29 is 13.6 Å². The summed E-state index contributed by atoms with van der Waals surface area (Å²) in [5.41, 5.74) is 1.95. The Balaban J connectivity index is 1.61. The maximum absolute atomic E-state index is 14.0. The van der Waals surface area contributed by atoms with Gasteiger partial charge in [-0.1, -0.05) is 13.8 Å². The molecule has 0 spiro atoms. The van der Waals surface area contributed by atoms with E-state index in [1.807, 2.05) is 24.9 Å². The summed E-state index contributed by atoms with van der Waals surface area (Å²) in [7, 11) is 0. The fourth-order valence-electron chi connectivity index (χ4n) is 4.98. The fourth-order valence-corrected chi connectivity index (χ4v) is 4.98. The van der Waals surface area contributed by atoms with E-state index in [9.17, 15) is 13.6 Å². The number of piperazine rings is 1. The van der Waals surface area contributed by atoms with Crippen molar-refractivity contribution in [2.75, 3.05) is 36.0 Å². The fraction of sp³-hybridized carbons (Fsp3) is 0.480. The third-order valence-corrected chi connectivity index (χ3v) is 6.90. The van der Waals surface area contributed by atoms with Crippen LogP contribution in [0.15, 0.2) is 30.7 Å². The minimum absolute atomic E-state index is 0.0305. The third kappa shape index (κ3) is 3.76. The molecule has 34 heavy (non-hydrogen) atoms. The highest BCUT2D eigenvalue weighted by Crippen LogP contribution is 2.39. The Kier molecular flexibility index (Phi) is 5.65. The Morgan fingerprint density at radius 3 is 2.35 bits per heavy atom. The Morgan fingerprint density at radius 2 is 1.74 bits per heavy atom. The van der Waals surface area contributed by atoms with Gasteiger partial charge >= 0.3 is 0 Å². The van der Waals surface area contributed by atoms with Gasteiger partial charge in [-0.25, -0.2) is 18.7 Å². The number of hydrogen-bond acceptors (Lipinski definition) is 5. The second-order valence-corrected chi connectivity index (χ2v) is 9.74. The molecular formula is C25H30F2N6O. The van der Waals surface area contributed by atoms with Crippen LogP contribution in [0, 0.1) is 17.6 Å². The molecule has 0 radical (unpaired) electrons. The summed E-state index contributed by atoms with van der Waals surface area (Å²) < 4.78 is 29.8. The molecular weight excluding hydrogens is 438 g/mol. The number of fused-ring (bicyclic) bond motifs is 1. The molecule has 4 heterocycles. The lowest BCUT2D eigenvalue weighted by atomic mass is 10.0. The summed E-state index contributed by atoms with van der Waals surface area (Å²) in [6, 6.07) is 3.57.